The first-order chi connectivity index (χ1) is 10.1. The Morgan fingerprint density at radius 1 is 1.33 bits per heavy atom. The predicted octanol–water partition coefficient (Wildman–Crippen LogP) is 4.19. The summed E-state index contributed by atoms with van der Waals surface area (Å²) < 4.78 is 14.0. The molecule has 1 heterocycles. The second-order valence-corrected chi connectivity index (χ2v) is 6.29. The lowest BCUT2D eigenvalue weighted by atomic mass is 10.1. The first-order valence-electron chi connectivity index (χ1n) is 7.33. The van der Waals surface area contributed by atoms with E-state index in [1.807, 2.05) is 19.2 Å². The first-order valence-corrected chi connectivity index (χ1v) is 8.21. The third-order valence-electron chi connectivity index (χ3n) is 3.73. The number of thiophene rings is 1. The van der Waals surface area contributed by atoms with Gasteiger partial charge >= 0.3 is 0 Å². The molecule has 1 atom stereocenters. The van der Waals surface area contributed by atoms with Gasteiger partial charge in [-0.3, -0.25) is 4.90 Å². The second kappa shape index (κ2) is 7.69. The van der Waals surface area contributed by atoms with Crippen LogP contribution in [0.2, 0.25) is 0 Å². The van der Waals surface area contributed by atoms with Gasteiger partial charge in [0.2, 0.25) is 0 Å². The number of nitrogens with zero attached hydrogens (tertiary/aromatic N) is 1. The Morgan fingerprint density at radius 3 is 2.81 bits per heavy atom. The van der Waals surface area contributed by atoms with Gasteiger partial charge in [-0.05, 0) is 43.6 Å². The number of hydrogen-bond donors (Lipinski definition) is 1. The number of nitrogens with one attached hydrogen (secondary N) is 1. The standard InChI is InChI=1S/C17H23FN2S/c1-4-19-11-14-7-8-16(18)15(10-14)12-20(3)13(2)17-6-5-9-21-17/h5-10,13,19H,4,11-12H2,1-3H3. The third-order valence-corrected chi connectivity index (χ3v) is 4.77. The molecule has 114 valence electrons. The molecule has 0 fully saturated rings. The van der Waals surface area contributed by atoms with Crippen molar-refractivity contribution in [1.82, 2.24) is 10.2 Å². The summed E-state index contributed by atoms with van der Waals surface area (Å²) in [5.41, 5.74) is 1.89. The van der Waals surface area contributed by atoms with Gasteiger partial charge in [0, 0.05) is 29.6 Å². The summed E-state index contributed by atoms with van der Waals surface area (Å²) in [6.45, 7) is 6.55. The summed E-state index contributed by atoms with van der Waals surface area (Å²) in [6.07, 6.45) is 0. The van der Waals surface area contributed by atoms with Gasteiger partial charge in [0.15, 0.2) is 0 Å². The molecule has 2 aromatic rings. The normalized spacial score (nSPS) is 12.8. The quantitative estimate of drug-likeness (QED) is 0.825. The van der Waals surface area contributed by atoms with E-state index in [1.165, 1.54) is 4.88 Å². The van der Waals surface area contributed by atoms with E-state index in [1.54, 1.807) is 17.4 Å². The SMILES string of the molecule is CCNCc1ccc(F)c(CN(C)C(C)c2cccs2)c1. The minimum Gasteiger partial charge on any atom is -0.313 e. The van der Waals surface area contributed by atoms with E-state index in [4.69, 9.17) is 0 Å². The molecule has 0 radical (unpaired) electrons. The molecule has 1 aromatic carbocycles. The zero-order valence-electron chi connectivity index (χ0n) is 12.9. The molecular weight excluding hydrogens is 283 g/mol. The molecule has 0 saturated heterocycles. The van der Waals surface area contributed by atoms with Crippen LogP contribution in [-0.2, 0) is 13.1 Å². The molecule has 1 unspecified atom stereocenters. The average molecular weight is 306 g/mol. The lowest BCUT2D eigenvalue weighted by molar-refractivity contribution is 0.253. The van der Waals surface area contributed by atoms with E-state index in [9.17, 15) is 4.39 Å². The van der Waals surface area contributed by atoms with E-state index in [0.717, 1.165) is 24.2 Å². The number of benzene rings is 1. The van der Waals surface area contributed by atoms with Gasteiger partial charge in [-0.25, -0.2) is 4.39 Å². The van der Waals surface area contributed by atoms with Crippen LogP contribution < -0.4 is 5.32 Å². The highest BCUT2D eigenvalue weighted by Crippen LogP contribution is 2.25. The maximum Gasteiger partial charge on any atom is 0.127 e. The van der Waals surface area contributed by atoms with Crippen molar-refractivity contribution in [2.75, 3.05) is 13.6 Å². The van der Waals surface area contributed by atoms with Gasteiger partial charge in [0.1, 0.15) is 5.82 Å². The molecule has 1 aromatic heterocycles. The Hall–Kier alpha value is -1.23. The molecule has 2 nitrogen and oxygen atoms in total. The van der Waals surface area contributed by atoms with Crippen LogP contribution in [0.3, 0.4) is 0 Å². The largest absolute Gasteiger partial charge is 0.313 e. The highest BCUT2D eigenvalue weighted by molar-refractivity contribution is 7.10. The van der Waals surface area contributed by atoms with Crippen molar-refractivity contribution in [3.63, 3.8) is 0 Å². The van der Waals surface area contributed by atoms with Crippen molar-refractivity contribution in [3.8, 4) is 0 Å². The maximum absolute atomic E-state index is 14.0. The molecule has 0 bridgehead atoms. The van der Waals surface area contributed by atoms with Crippen LogP contribution in [0.4, 0.5) is 4.39 Å². The Balaban J connectivity index is 2.07. The van der Waals surface area contributed by atoms with Gasteiger partial charge in [-0.1, -0.05) is 25.1 Å². The predicted molar refractivity (Wildman–Crippen MR) is 88.0 cm³/mol. The summed E-state index contributed by atoms with van der Waals surface area (Å²) >= 11 is 1.74. The van der Waals surface area contributed by atoms with Gasteiger partial charge in [0.05, 0.1) is 0 Å². The Kier molecular flexibility index (Phi) is 5.91. The van der Waals surface area contributed by atoms with Crippen molar-refractivity contribution < 1.29 is 4.39 Å². The molecule has 0 saturated carbocycles. The average Bonchev–Trinajstić information content (AvgIpc) is 3.01. The van der Waals surface area contributed by atoms with Crippen LogP contribution in [0.15, 0.2) is 35.7 Å². The number of halogens is 1. The Bertz CT molecular complexity index is 554. The molecule has 0 aliphatic heterocycles. The van der Waals surface area contributed by atoms with Gasteiger partial charge < -0.3 is 5.32 Å². The van der Waals surface area contributed by atoms with Crippen molar-refractivity contribution in [2.24, 2.45) is 0 Å². The van der Waals surface area contributed by atoms with E-state index in [0.29, 0.717) is 12.6 Å². The van der Waals surface area contributed by atoms with Crippen LogP contribution in [0.25, 0.3) is 0 Å². The van der Waals surface area contributed by atoms with Crippen molar-refractivity contribution in [1.29, 1.82) is 0 Å². The Morgan fingerprint density at radius 2 is 2.14 bits per heavy atom. The van der Waals surface area contributed by atoms with Gasteiger partial charge in [-0.15, -0.1) is 11.3 Å². The van der Waals surface area contributed by atoms with Crippen LogP contribution in [0.5, 0.6) is 0 Å². The summed E-state index contributed by atoms with van der Waals surface area (Å²) in [5.74, 6) is -0.125. The fourth-order valence-electron chi connectivity index (χ4n) is 2.28. The fourth-order valence-corrected chi connectivity index (χ4v) is 3.13. The van der Waals surface area contributed by atoms with E-state index >= 15 is 0 Å². The van der Waals surface area contributed by atoms with E-state index < -0.39 is 0 Å². The third kappa shape index (κ3) is 4.37. The zero-order chi connectivity index (χ0) is 15.2. The second-order valence-electron chi connectivity index (χ2n) is 5.31. The molecule has 2 rings (SSSR count). The summed E-state index contributed by atoms with van der Waals surface area (Å²) in [6, 6.07) is 9.87. The molecule has 0 amide bonds. The highest BCUT2D eigenvalue weighted by atomic mass is 32.1. The highest BCUT2D eigenvalue weighted by Gasteiger charge is 2.14. The van der Waals surface area contributed by atoms with Crippen molar-refractivity contribution in [3.05, 3.63) is 57.5 Å². The summed E-state index contributed by atoms with van der Waals surface area (Å²) in [7, 11) is 2.04. The molecule has 0 aliphatic carbocycles. The van der Waals surface area contributed by atoms with Gasteiger partial charge in [0.25, 0.3) is 0 Å². The van der Waals surface area contributed by atoms with Crippen LogP contribution in [0.1, 0.15) is 35.9 Å². The van der Waals surface area contributed by atoms with Crippen molar-refractivity contribution in [2.45, 2.75) is 33.0 Å². The van der Waals surface area contributed by atoms with E-state index in [-0.39, 0.29) is 5.82 Å². The number of rotatable bonds is 7. The minimum atomic E-state index is -0.125. The van der Waals surface area contributed by atoms with Gasteiger partial charge in [-0.2, -0.15) is 0 Å². The molecule has 21 heavy (non-hydrogen) atoms. The topological polar surface area (TPSA) is 15.3 Å². The van der Waals surface area contributed by atoms with Crippen LogP contribution in [-0.4, -0.2) is 18.5 Å². The number of hydrogen-bond acceptors (Lipinski definition) is 3. The molecule has 4 heteroatoms. The zero-order valence-corrected chi connectivity index (χ0v) is 13.7. The Labute approximate surface area is 130 Å². The molecular formula is C17H23FN2S. The monoisotopic (exact) mass is 306 g/mol. The first kappa shape index (κ1) is 16.1. The van der Waals surface area contributed by atoms with E-state index in [2.05, 4.69) is 41.6 Å². The fraction of sp³-hybridized carbons (Fsp3) is 0.412. The maximum atomic E-state index is 14.0. The molecule has 0 spiro atoms. The lowest BCUT2D eigenvalue weighted by Crippen LogP contribution is -2.22. The van der Waals surface area contributed by atoms with Crippen LogP contribution >= 0.6 is 11.3 Å². The summed E-state index contributed by atoms with van der Waals surface area (Å²) in [5, 5.41) is 5.36. The smallest absolute Gasteiger partial charge is 0.127 e. The van der Waals surface area contributed by atoms with Crippen molar-refractivity contribution >= 4 is 11.3 Å². The molecule has 0 aliphatic rings. The minimum absolute atomic E-state index is 0.125. The summed E-state index contributed by atoms with van der Waals surface area (Å²) in [4.78, 5) is 3.49. The molecule has 1 N–H and O–H groups in total. The van der Waals surface area contributed by atoms with Crippen LogP contribution in [0, 0.1) is 5.82 Å². The lowest BCUT2D eigenvalue weighted by Gasteiger charge is -2.24.